The van der Waals surface area contributed by atoms with E-state index >= 15 is 0 Å². The summed E-state index contributed by atoms with van der Waals surface area (Å²) in [4.78, 5) is 11.4. The molecule has 0 aliphatic rings. The van der Waals surface area contributed by atoms with Gasteiger partial charge in [-0.05, 0) is 12.1 Å². The van der Waals surface area contributed by atoms with Gasteiger partial charge in [0.15, 0.2) is 0 Å². The fourth-order valence-electron chi connectivity index (χ4n) is 1.19. The van der Waals surface area contributed by atoms with Crippen LogP contribution in [0.1, 0.15) is 10.4 Å². The van der Waals surface area contributed by atoms with Gasteiger partial charge in [0, 0.05) is 18.7 Å². The van der Waals surface area contributed by atoms with E-state index in [1.54, 1.807) is 30.3 Å². The second-order valence-electron chi connectivity index (χ2n) is 3.41. The van der Waals surface area contributed by atoms with Crippen LogP contribution >= 0.6 is 0 Å². The molecule has 3 nitrogen and oxygen atoms in total. The largest absolute Gasteiger partial charge is 0.401 e. The molecule has 2 N–H and O–H groups in total. The van der Waals surface area contributed by atoms with Crippen LogP contribution in [-0.2, 0) is 0 Å². The van der Waals surface area contributed by atoms with Gasteiger partial charge in [-0.3, -0.25) is 4.79 Å². The minimum atomic E-state index is -4.22. The second kappa shape index (κ2) is 6.24. The Kier molecular flexibility index (Phi) is 4.96. The predicted molar refractivity (Wildman–Crippen MR) is 57.7 cm³/mol. The van der Waals surface area contributed by atoms with Crippen molar-refractivity contribution in [1.82, 2.24) is 10.6 Å². The molecule has 0 bridgehead atoms. The van der Waals surface area contributed by atoms with E-state index < -0.39 is 12.7 Å². The number of hydrogen-bond acceptors (Lipinski definition) is 2. The van der Waals surface area contributed by atoms with E-state index in [1.165, 1.54) is 0 Å². The van der Waals surface area contributed by atoms with E-state index in [2.05, 4.69) is 10.6 Å². The highest BCUT2D eigenvalue weighted by Gasteiger charge is 2.25. The Balaban J connectivity index is 2.18. The lowest BCUT2D eigenvalue weighted by atomic mass is 10.2. The summed E-state index contributed by atoms with van der Waals surface area (Å²) in [5.74, 6) is -0.292. The summed E-state index contributed by atoms with van der Waals surface area (Å²) >= 11 is 0. The summed E-state index contributed by atoms with van der Waals surface area (Å²) in [6, 6.07) is 8.49. The molecule has 0 saturated heterocycles. The first kappa shape index (κ1) is 13.5. The molecule has 0 atom stereocenters. The SMILES string of the molecule is O=C(NCCNCC(F)(F)F)c1ccccc1. The van der Waals surface area contributed by atoms with Crippen molar-refractivity contribution in [2.75, 3.05) is 19.6 Å². The van der Waals surface area contributed by atoms with Crippen molar-refractivity contribution >= 4 is 5.91 Å². The van der Waals surface area contributed by atoms with Crippen LogP contribution < -0.4 is 10.6 Å². The van der Waals surface area contributed by atoms with Crippen LogP contribution in [0.4, 0.5) is 13.2 Å². The number of nitrogens with one attached hydrogen (secondary N) is 2. The highest BCUT2D eigenvalue weighted by molar-refractivity contribution is 5.94. The second-order valence-corrected chi connectivity index (χ2v) is 3.41. The van der Waals surface area contributed by atoms with Crippen molar-refractivity contribution in [2.24, 2.45) is 0 Å². The zero-order valence-electron chi connectivity index (χ0n) is 9.05. The van der Waals surface area contributed by atoms with Gasteiger partial charge < -0.3 is 10.6 Å². The molecule has 17 heavy (non-hydrogen) atoms. The van der Waals surface area contributed by atoms with Gasteiger partial charge in [0.05, 0.1) is 6.54 Å². The molecule has 0 aliphatic carbocycles. The third-order valence-electron chi connectivity index (χ3n) is 1.95. The molecule has 0 fully saturated rings. The summed E-state index contributed by atoms with van der Waals surface area (Å²) in [5.41, 5.74) is 0.489. The molecule has 0 aliphatic heterocycles. The topological polar surface area (TPSA) is 41.1 Å². The van der Waals surface area contributed by atoms with E-state index in [-0.39, 0.29) is 19.0 Å². The van der Waals surface area contributed by atoms with Crippen LogP contribution in [0.15, 0.2) is 30.3 Å². The smallest absolute Gasteiger partial charge is 0.351 e. The zero-order chi connectivity index (χ0) is 12.7. The summed E-state index contributed by atoms with van der Waals surface area (Å²) < 4.78 is 35.3. The lowest BCUT2D eigenvalue weighted by Crippen LogP contribution is -2.36. The fraction of sp³-hybridized carbons (Fsp3) is 0.364. The first-order valence-electron chi connectivity index (χ1n) is 5.10. The Labute approximate surface area is 97.0 Å². The molecule has 1 rings (SSSR count). The van der Waals surface area contributed by atoms with Crippen LogP contribution in [0.3, 0.4) is 0 Å². The molecule has 0 aromatic heterocycles. The van der Waals surface area contributed by atoms with Crippen molar-refractivity contribution in [3.63, 3.8) is 0 Å². The van der Waals surface area contributed by atoms with Crippen LogP contribution in [0.25, 0.3) is 0 Å². The number of hydrogen-bond donors (Lipinski definition) is 2. The summed E-state index contributed by atoms with van der Waals surface area (Å²) in [7, 11) is 0. The molecule has 6 heteroatoms. The molecule has 0 radical (unpaired) electrons. The predicted octanol–water partition coefficient (Wildman–Crippen LogP) is 1.57. The molecule has 1 amide bonds. The van der Waals surface area contributed by atoms with Crippen molar-refractivity contribution in [2.45, 2.75) is 6.18 Å². The molecule has 0 heterocycles. The normalized spacial score (nSPS) is 11.2. The molecular weight excluding hydrogens is 233 g/mol. The van der Waals surface area contributed by atoms with Gasteiger partial charge >= 0.3 is 6.18 Å². The zero-order valence-corrected chi connectivity index (χ0v) is 9.05. The number of carbonyl (C=O) groups excluding carboxylic acids is 1. The monoisotopic (exact) mass is 246 g/mol. The highest BCUT2D eigenvalue weighted by atomic mass is 19.4. The number of rotatable bonds is 5. The third-order valence-corrected chi connectivity index (χ3v) is 1.95. The summed E-state index contributed by atoms with van der Waals surface area (Å²) in [6.45, 7) is -0.809. The maximum Gasteiger partial charge on any atom is 0.401 e. The summed E-state index contributed by atoms with van der Waals surface area (Å²) in [6.07, 6.45) is -4.22. The molecule has 0 spiro atoms. The lowest BCUT2D eigenvalue weighted by Gasteiger charge is -2.08. The lowest BCUT2D eigenvalue weighted by molar-refractivity contribution is -0.124. The summed E-state index contributed by atoms with van der Waals surface area (Å²) in [5, 5.41) is 4.71. The Morgan fingerprint density at radius 3 is 2.35 bits per heavy atom. The number of benzene rings is 1. The first-order chi connectivity index (χ1) is 7.99. The van der Waals surface area contributed by atoms with Gasteiger partial charge in [-0.2, -0.15) is 13.2 Å². The average Bonchev–Trinajstić information content (AvgIpc) is 2.28. The van der Waals surface area contributed by atoms with Crippen LogP contribution in [0, 0.1) is 0 Å². The Morgan fingerprint density at radius 1 is 1.12 bits per heavy atom. The van der Waals surface area contributed by atoms with Gasteiger partial charge in [-0.25, -0.2) is 0 Å². The van der Waals surface area contributed by atoms with Crippen LogP contribution in [-0.4, -0.2) is 31.7 Å². The standard InChI is InChI=1S/C11H13F3N2O/c12-11(13,14)8-15-6-7-16-10(17)9-4-2-1-3-5-9/h1-5,15H,6-8H2,(H,16,17). The molecule has 1 aromatic carbocycles. The maximum atomic E-state index is 11.8. The van der Waals surface area contributed by atoms with Crippen LogP contribution in [0.5, 0.6) is 0 Å². The van der Waals surface area contributed by atoms with E-state index in [0.717, 1.165) is 0 Å². The van der Waals surface area contributed by atoms with Crippen molar-refractivity contribution in [3.05, 3.63) is 35.9 Å². The number of carbonyl (C=O) groups is 1. The number of alkyl halides is 3. The minimum absolute atomic E-state index is 0.0814. The minimum Gasteiger partial charge on any atom is -0.351 e. The maximum absolute atomic E-state index is 11.8. The van der Waals surface area contributed by atoms with Gasteiger partial charge in [-0.1, -0.05) is 18.2 Å². The van der Waals surface area contributed by atoms with E-state index in [9.17, 15) is 18.0 Å². The van der Waals surface area contributed by atoms with Gasteiger partial charge in [0.1, 0.15) is 0 Å². The molecule has 1 aromatic rings. The van der Waals surface area contributed by atoms with Crippen molar-refractivity contribution in [1.29, 1.82) is 0 Å². The van der Waals surface area contributed by atoms with E-state index in [4.69, 9.17) is 0 Å². The number of halogens is 3. The highest BCUT2D eigenvalue weighted by Crippen LogP contribution is 2.11. The quantitative estimate of drug-likeness (QED) is 0.774. The Bertz CT molecular complexity index is 351. The first-order valence-corrected chi connectivity index (χ1v) is 5.10. The fourth-order valence-corrected chi connectivity index (χ4v) is 1.19. The van der Waals surface area contributed by atoms with Gasteiger partial charge in [0.2, 0.25) is 0 Å². The Hall–Kier alpha value is -1.56. The van der Waals surface area contributed by atoms with Crippen molar-refractivity contribution in [3.8, 4) is 0 Å². The van der Waals surface area contributed by atoms with E-state index in [1.807, 2.05) is 0 Å². The van der Waals surface area contributed by atoms with Crippen LogP contribution in [0.2, 0.25) is 0 Å². The Morgan fingerprint density at radius 2 is 1.76 bits per heavy atom. The third kappa shape index (κ3) is 5.91. The molecular formula is C11H13F3N2O. The number of amides is 1. The van der Waals surface area contributed by atoms with Gasteiger partial charge in [0.25, 0.3) is 5.91 Å². The van der Waals surface area contributed by atoms with Gasteiger partial charge in [-0.15, -0.1) is 0 Å². The molecule has 94 valence electrons. The van der Waals surface area contributed by atoms with E-state index in [0.29, 0.717) is 5.56 Å². The van der Waals surface area contributed by atoms with Crippen molar-refractivity contribution < 1.29 is 18.0 Å². The average molecular weight is 246 g/mol. The molecule has 0 unspecified atom stereocenters. The molecule has 0 saturated carbocycles.